The van der Waals surface area contributed by atoms with Crippen LogP contribution in [0.3, 0.4) is 0 Å². The molecule has 0 heterocycles. The second-order valence-electron chi connectivity index (χ2n) is 7.15. The van der Waals surface area contributed by atoms with Crippen molar-refractivity contribution in [2.24, 2.45) is 5.41 Å². The summed E-state index contributed by atoms with van der Waals surface area (Å²) in [6.45, 7) is 7.83. The van der Waals surface area contributed by atoms with Crippen molar-refractivity contribution in [2.75, 3.05) is 27.2 Å². The lowest BCUT2D eigenvalue weighted by Crippen LogP contribution is -2.40. The van der Waals surface area contributed by atoms with Crippen molar-refractivity contribution in [1.29, 1.82) is 0 Å². The lowest BCUT2D eigenvalue weighted by atomic mass is 9.93. The first-order chi connectivity index (χ1) is 10.7. The number of nitrogens with one attached hydrogen (secondary N) is 1. The minimum absolute atomic E-state index is 0.0130. The lowest BCUT2D eigenvalue weighted by Gasteiger charge is -2.28. The monoisotopic (exact) mass is 318 g/mol. The van der Waals surface area contributed by atoms with Crippen LogP contribution in [0.4, 0.5) is 0 Å². The maximum atomic E-state index is 12.1. The van der Waals surface area contributed by atoms with Crippen molar-refractivity contribution < 1.29 is 9.59 Å². The Morgan fingerprint density at radius 2 is 1.70 bits per heavy atom. The van der Waals surface area contributed by atoms with Gasteiger partial charge < -0.3 is 10.2 Å². The molecule has 1 amide bonds. The Hall–Kier alpha value is -1.68. The standard InChI is InChI=1S/C19H30N2O2/c1-6-15-7-9-16(10-8-15)17(22)11-12-18(23)20-13-19(2,3)14-21(4)5/h7-10H,6,11-14H2,1-5H3,(H,20,23). The second kappa shape index (κ2) is 8.82. The van der Waals surface area contributed by atoms with Gasteiger partial charge in [0, 0.05) is 31.5 Å². The number of rotatable bonds is 9. The Morgan fingerprint density at radius 3 is 2.22 bits per heavy atom. The minimum atomic E-state index is -0.0599. The summed E-state index contributed by atoms with van der Waals surface area (Å²) in [4.78, 5) is 26.2. The molecule has 0 saturated heterocycles. The van der Waals surface area contributed by atoms with Gasteiger partial charge in [0.05, 0.1) is 0 Å². The van der Waals surface area contributed by atoms with E-state index in [1.165, 1.54) is 5.56 Å². The van der Waals surface area contributed by atoms with Gasteiger partial charge in [0.25, 0.3) is 0 Å². The summed E-state index contributed by atoms with van der Waals surface area (Å²) in [7, 11) is 4.04. The Balaban J connectivity index is 2.39. The predicted molar refractivity (Wildman–Crippen MR) is 94.7 cm³/mol. The van der Waals surface area contributed by atoms with Crippen LogP contribution in [0.15, 0.2) is 24.3 Å². The minimum Gasteiger partial charge on any atom is -0.356 e. The van der Waals surface area contributed by atoms with Gasteiger partial charge in [0.15, 0.2) is 5.78 Å². The number of nitrogens with zero attached hydrogens (tertiary/aromatic N) is 1. The van der Waals surface area contributed by atoms with Gasteiger partial charge in [0.2, 0.25) is 5.91 Å². The zero-order valence-electron chi connectivity index (χ0n) is 15.1. The number of carbonyl (C=O) groups is 2. The molecule has 1 aromatic rings. The average molecular weight is 318 g/mol. The number of amides is 1. The average Bonchev–Trinajstić information content (AvgIpc) is 2.49. The molecular formula is C19H30N2O2. The number of hydrogen-bond acceptors (Lipinski definition) is 3. The molecule has 0 bridgehead atoms. The summed E-state index contributed by atoms with van der Waals surface area (Å²) in [5.41, 5.74) is 1.91. The molecule has 0 aliphatic rings. The van der Waals surface area contributed by atoms with Crippen LogP contribution in [-0.4, -0.2) is 43.8 Å². The fourth-order valence-electron chi connectivity index (χ4n) is 2.64. The third-order valence-electron chi connectivity index (χ3n) is 3.77. The largest absolute Gasteiger partial charge is 0.356 e. The van der Waals surface area contributed by atoms with Crippen LogP contribution in [-0.2, 0) is 11.2 Å². The first-order valence-corrected chi connectivity index (χ1v) is 8.27. The Bertz CT molecular complexity index is 519. The summed E-state index contributed by atoms with van der Waals surface area (Å²) in [6.07, 6.45) is 1.46. The van der Waals surface area contributed by atoms with Crippen molar-refractivity contribution in [3.63, 3.8) is 0 Å². The van der Waals surface area contributed by atoms with E-state index in [2.05, 4.69) is 31.0 Å². The molecule has 0 spiro atoms. The molecule has 128 valence electrons. The topological polar surface area (TPSA) is 49.4 Å². The molecule has 0 saturated carbocycles. The van der Waals surface area contributed by atoms with E-state index < -0.39 is 0 Å². The molecule has 23 heavy (non-hydrogen) atoms. The Morgan fingerprint density at radius 1 is 1.09 bits per heavy atom. The molecule has 1 N–H and O–H groups in total. The predicted octanol–water partition coefficient (Wildman–Crippen LogP) is 2.92. The van der Waals surface area contributed by atoms with E-state index in [9.17, 15) is 9.59 Å². The summed E-state index contributed by atoms with van der Waals surface area (Å²) >= 11 is 0. The molecule has 0 unspecified atom stereocenters. The van der Waals surface area contributed by atoms with E-state index in [0.717, 1.165) is 13.0 Å². The third-order valence-corrected chi connectivity index (χ3v) is 3.77. The molecule has 0 atom stereocenters. The number of hydrogen-bond donors (Lipinski definition) is 1. The van der Waals surface area contributed by atoms with E-state index in [-0.39, 0.29) is 29.9 Å². The molecule has 4 nitrogen and oxygen atoms in total. The van der Waals surface area contributed by atoms with E-state index in [1.807, 2.05) is 38.4 Å². The van der Waals surface area contributed by atoms with Gasteiger partial charge in [-0.15, -0.1) is 0 Å². The fourth-order valence-corrected chi connectivity index (χ4v) is 2.64. The van der Waals surface area contributed by atoms with Gasteiger partial charge >= 0.3 is 0 Å². The summed E-state index contributed by atoms with van der Waals surface area (Å²) in [6, 6.07) is 7.63. The van der Waals surface area contributed by atoms with Crippen LogP contribution in [0.1, 0.15) is 49.5 Å². The van der Waals surface area contributed by atoms with Gasteiger partial charge in [0.1, 0.15) is 0 Å². The van der Waals surface area contributed by atoms with Crippen LogP contribution in [0.5, 0.6) is 0 Å². The van der Waals surface area contributed by atoms with E-state index in [0.29, 0.717) is 12.1 Å². The maximum absolute atomic E-state index is 12.1. The maximum Gasteiger partial charge on any atom is 0.220 e. The highest BCUT2D eigenvalue weighted by Gasteiger charge is 2.20. The molecule has 0 fully saturated rings. The van der Waals surface area contributed by atoms with Gasteiger partial charge in [-0.25, -0.2) is 0 Å². The second-order valence-corrected chi connectivity index (χ2v) is 7.15. The van der Waals surface area contributed by atoms with Gasteiger partial charge in [-0.3, -0.25) is 9.59 Å². The molecule has 0 aliphatic heterocycles. The lowest BCUT2D eigenvalue weighted by molar-refractivity contribution is -0.121. The number of carbonyl (C=O) groups excluding carboxylic acids is 2. The van der Waals surface area contributed by atoms with E-state index >= 15 is 0 Å². The quantitative estimate of drug-likeness (QED) is 0.712. The first-order valence-electron chi connectivity index (χ1n) is 8.27. The normalized spacial score (nSPS) is 11.6. The number of aryl methyl sites for hydroxylation is 1. The van der Waals surface area contributed by atoms with Crippen molar-refractivity contribution in [3.8, 4) is 0 Å². The highest BCUT2D eigenvalue weighted by atomic mass is 16.2. The van der Waals surface area contributed by atoms with Crippen LogP contribution >= 0.6 is 0 Å². The van der Waals surface area contributed by atoms with Gasteiger partial charge in [-0.1, -0.05) is 45.0 Å². The molecule has 1 rings (SSSR count). The SMILES string of the molecule is CCc1ccc(C(=O)CCC(=O)NCC(C)(C)CN(C)C)cc1. The zero-order chi connectivity index (χ0) is 17.5. The van der Waals surface area contributed by atoms with Crippen LogP contribution < -0.4 is 5.32 Å². The van der Waals surface area contributed by atoms with Crippen molar-refractivity contribution in [1.82, 2.24) is 10.2 Å². The smallest absolute Gasteiger partial charge is 0.220 e. The highest BCUT2D eigenvalue weighted by molar-refractivity contribution is 5.97. The first kappa shape index (κ1) is 19.4. The van der Waals surface area contributed by atoms with Crippen molar-refractivity contribution >= 4 is 11.7 Å². The summed E-state index contributed by atoms with van der Waals surface area (Å²) in [5.74, 6) is -0.0364. The van der Waals surface area contributed by atoms with Crippen LogP contribution in [0.25, 0.3) is 0 Å². The molecule has 0 aromatic heterocycles. The molecule has 1 aromatic carbocycles. The molecule has 4 heteroatoms. The zero-order valence-corrected chi connectivity index (χ0v) is 15.1. The van der Waals surface area contributed by atoms with Crippen molar-refractivity contribution in [3.05, 3.63) is 35.4 Å². The Kier molecular flexibility index (Phi) is 7.43. The summed E-state index contributed by atoms with van der Waals surface area (Å²) < 4.78 is 0. The van der Waals surface area contributed by atoms with E-state index in [4.69, 9.17) is 0 Å². The summed E-state index contributed by atoms with van der Waals surface area (Å²) in [5, 5.41) is 2.94. The number of benzene rings is 1. The molecule has 0 radical (unpaired) electrons. The third kappa shape index (κ3) is 7.42. The van der Waals surface area contributed by atoms with Crippen molar-refractivity contribution in [2.45, 2.75) is 40.0 Å². The molecular weight excluding hydrogens is 288 g/mol. The number of ketones is 1. The van der Waals surface area contributed by atoms with Gasteiger partial charge in [-0.2, -0.15) is 0 Å². The Labute approximate surface area is 140 Å². The molecule has 0 aliphatic carbocycles. The highest BCUT2D eigenvalue weighted by Crippen LogP contribution is 2.14. The van der Waals surface area contributed by atoms with Crippen LogP contribution in [0.2, 0.25) is 0 Å². The van der Waals surface area contributed by atoms with Gasteiger partial charge in [-0.05, 0) is 31.5 Å². The fraction of sp³-hybridized carbons (Fsp3) is 0.579. The number of Topliss-reactive ketones (excluding diaryl/α,β-unsaturated/α-hetero) is 1. The van der Waals surface area contributed by atoms with Crippen LogP contribution in [0, 0.1) is 5.41 Å². The van der Waals surface area contributed by atoms with E-state index in [1.54, 1.807) is 0 Å².